The highest BCUT2D eigenvalue weighted by molar-refractivity contribution is 7.13. The third kappa shape index (κ3) is 5.25. The van der Waals surface area contributed by atoms with E-state index in [2.05, 4.69) is 50.3 Å². The quantitative estimate of drug-likeness (QED) is 0.596. The molecule has 1 saturated heterocycles. The monoisotopic (exact) mass is 382 g/mol. The lowest BCUT2D eigenvalue weighted by atomic mass is 10.1. The van der Waals surface area contributed by atoms with Crippen LogP contribution in [-0.4, -0.2) is 59.2 Å². The van der Waals surface area contributed by atoms with Crippen molar-refractivity contribution in [3.8, 4) is 10.7 Å². The number of rotatable bonds is 8. The van der Waals surface area contributed by atoms with Crippen LogP contribution in [0.5, 0.6) is 0 Å². The van der Waals surface area contributed by atoms with Crippen LogP contribution in [0, 0.1) is 0 Å². The van der Waals surface area contributed by atoms with Crippen LogP contribution in [0.25, 0.3) is 10.7 Å². The molecule has 4 rings (SSSR count). The van der Waals surface area contributed by atoms with Crippen LogP contribution in [0.15, 0.2) is 52.4 Å². The Bertz CT molecular complexity index is 795. The molecule has 0 radical (unpaired) electrons. The summed E-state index contributed by atoms with van der Waals surface area (Å²) in [6.45, 7) is 6.89. The Morgan fingerprint density at radius 3 is 2.41 bits per heavy atom. The third-order valence-electron chi connectivity index (χ3n) is 5.10. The van der Waals surface area contributed by atoms with Gasteiger partial charge in [0.1, 0.15) is 0 Å². The molecule has 2 aromatic heterocycles. The van der Waals surface area contributed by atoms with Gasteiger partial charge in [0.15, 0.2) is 0 Å². The summed E-state index contributed by atoms with van der Waals surface area (Å²) in [4.78, 5) is 10.7. The Balaban J connectivity index is 1.14. The number of hydrogen-bond acceptors (Lipinski definition) is 6. The molecule has 1 aromatic carbocycles. The fraction of sp³-hybridized carbons (Fsp3) is 0.429. The second-order valence-corrected chi connectivity index (χ2v) is 7.96. The first kappa shape index (κ1) is 18.3. The topological polar surface area (TPSA) is 45.4 Å². The number of aryl methyl sites for hydroxylation is 1. The largest absolute Gasteiger partial charge is 0.339 e. The fourth-order valence-corrected chi connectivity index (χ4v) is 4.13. The molecule has 3 aromatic rings. The van der Waals surface area contributed by atoms with Gasteiger partial charge < -0.3 is 14.3 Å². The van der Waals surface area contributed by atoms with Crippen molar-refractivity contribution in [3.63, 3.8) is 0 Å². The summed E-state index contributed by atoms with van der Waals surface area (Å²) in [7, 11) is 0. The van der Waals surface area contributed by atoms with Crippen LogP contribution in [0.3, 0.4) is 0 Å². The summed E-state index contributed by atoms with van der Waals surface area (Å²) in [5.74, 6) is 1.46. The molecule has 6 heteroatoms. The average molecular weight is 383 g/mol. The predicted molar refractivity (Wildman–Crippen MR) is 109 cm³/mol. The Morgan fingerprint density at radius 2 is 1.67 bits per heavy atom. The maximum Gasteiger partial charge on any atom is 0.227 e. The molecule has 142 valence electrons. The zero-order valence-electron chi connectivity index (χ0n) is 15.6. The van der Waals surface area contributed by atoms with E-state index in [0.717, 1.165) is 69.3 Å². The first-order valence-corrected chi connectivity index (χ1v) is 10.6. The lowest BCUT2D eigenvalue weighted by Gasteiger charge is -2.34. The van der Waals surface area contributed by atoms with Gasteiger partial charge in [-0.1, -0.05) is 41.6 Å². The minimum absolute atomic E-state index is 0.715. The first-order chi connectivity index (χ1) is 13.4. The van der Waals surface area contributed by atoms with E-state index in [9.17, 15) is 0 Å². The van der Waals surface area contributed by atoms with Crippen molar-refractivity contribution in [3.05, 3.63) is 59.3 Å². The van der Waals surface area contributed by atoms with Gasteiger partial charge in [0, 0.05) is 39.1 Å². The molecule has 0 atom stereocenters. The molecule has 0 unspecified atom stereocenters. The third-order valence-corrected chi connectivity index (χ3v) is 5.96. The van der Waals surface area contributed by atoms with Crippen LogP contribution in [0.4, 0.5) is 0 Å². The van der Waals surface area contributed by atoms with E-state index in [-0.39, 0.29) is 0 Å². The summed E-state index contributed by atoms with van der Waals surface area (Å²) in [6.07, 6.45) is 3.06. The summed E-state index contributed by atoms with van der Waals surface area (Å²) in [5.41, 5.74) is 1.43. The summed E-state index contributed by atoms with van der Waals surface area (Å²) >= 11 is 1.64. The standard InChI is InChI=1S/C21H26N4OS/c1-2-6-18(7-3-1)10-12-25-15-13-24(14-16-25)11-4-9-20-22-21(23-26-20)19-8-5-17-27-19/h1-3,5-8,17H,4,9-16H2. The summed E-state index contributed by atoms with van der Waals surface area (Å²) < 4.78 is 5.39. The molecule has 27 heavy (non-hydrogen) atoms. The van der Waals surface area contributed by atoms with Gasteiger partial charge in [-0.2, -0.15) is 4.98 Å². The maximum atomic E-state index is 5.39. The predicted octanol–water partition coefficient (Wildman–Crippen LogP) is 3.59. The van der Waals surface area contributed by atoms with Crippen molar-refractivity contribution in [2.75, 3.05) is 39.3 Å². The molecule has 0 aliphatic carbocycles. The molecule has 1 aliphatic heterocycles. The van der Waals surface area contributed by atoms with Crippen molar-refractivity contribution in [2.24, 2.45) is 0 Å². The Hall–Kier alpha value is -2.02. The maximum absolute atomic E-state index is 5.39. The van der Waals surface area contributed by atoms with E-state index in [0.29, 0.717) is 5.82 Å². The number of piperazine rings is 1. The molecule has 0 amide bonds. The van der Waals surface area contributed by atoms with Gasteiger partial charge in [-0.15, -0.1) is 11.3 Å². The number of benzene rings is 1. The smallest absolute Gasteiger partial charge is 0.227 e. The van der Waals surface area contributed by atoms with Gasteiger partial charge in [-0.05, 0) is 36.4 Å². The molecule has 0 spiro atoms. The molecule has 3 heterocycles. The SMILES string of the molecule is c1ccc(CCN2CCN(CCCc3nc(-c4cccs4)no3)CC2)cc1. The highest BCUT2D eigenvalue weighted by Crippen LogP contribution is 2.21. The molecular weight excluding hydrogens is 356 g/mol. The second-order valence-electron chi connectivity index (χ2n) is 7.01. The van der Waals surface area contributed by atoms with Gasteiger partial charge in [-0.3, -0.25) is 0 Å². The lowest BCUT2D eigenvalue weighted by Crippen LogP contribution is -2.47. The fourth-order valence-electron chi connectivity index (χ4n) is 3.48. The second kappa shape index (κ2) is 9.26. The van der Waals surface area contributed by atoms with E-state index in [1.54, 1.807) is 11.3 Å². The molecular formula is C21H26N4OS. The highest BCUT2D eigenvalue weighted by atomic mass is 32.1. The van der Waals surface area contributed by atoms with Crippen molar-refractivity contribution in [1.82, 2.24) is 19.9 Å². The molecule has 5 nitrogen and oxygen atoms in total. The normalized spacial score (nSPS) is 16.0. The van der Waals surface area contributed by atoms with Crippen LogP contribution >= 0.6 is 11.3 Å². The van der Waals surface area contributed by atoms with E-state index in [1.165, 1.54) is 5.56 Å². The van der Waals surface area contributed by atoms with Crippen LogP contribution in [-0.2, 0) is 12.8 Å². The average Bonchev–Trinajstić information content (AvgIpc) is 3.40. The number of aromatic nitrogens is 2. The van der Waals surface area contributed by atoms with E-state index < -0.39 is 0 Å². The van der Waals surface area contributed by atoms with Crippen molar-refractivity contribution in [2.45, 2.75) is 19.3 Å². The highest BCUT2D eigenvalue weighted by Gasteiger charge is 2.17. The van der Waals surface area contributed by atoms with E-state index >= 15 is 0 Å². The van der Waals surface area contributed by atoms with Crippen LogP contribution in [0.1, 0.15) is 17.9 Å². The molecule has 0 bridgehead atoms. The van der Waals surface area contributed by atoms with Crippen LogP contribution in [0.2, 0.25) is 0 Å². The lowest BCUT2D eigenvalue weighted by molar-refractivity contribution is 0.132. The summed E-state index contributed by atoms with van der Waals surface area (Å²) in [5, 5.41) is 6.12. The van der Waals surface area contributed by atoms with Gasteiger partial charge in [0.05, 0.1) is 4.88 Å². The van der Waals surface area contributed by atoms with Crippen molar-refractivity contribution in [1.29, 1.82) is 0 Å². The zero-order valence-corrected chi connectivity index (χ0v) is 16.4. The Morgan fingerprint density at radius 1 is 0.889 bits per heavy atom. The summed E-state index contributed by atoms with van der Waals surface area (Å²) in [6, 6.07) is 14.8. The number of hydrogen-bond donors (Lipinski definition) is 0. The van der Waals surface area contributed by atoms with Gasteiger partial charge in [-0.25, -0.2) is 0 Å². The molecule has 0 N–H and O–H groups in total. The number of nitrogens with zero attached hydrogens (tertiary/aromatic N) is 4. The molecule has 0 saturated carbocycles. The Kier molecular flexibility index (Phi) is 6.29. The van der Waals surface area contributed by atoms with Crippen molar-refractivity contribution < 1.29 is 4.52 Å². The zero-order chi connectivity index (χ0) is 18.3. The van der Waals surface area contributed by atoms with Gasteiger partial charge >= 0.3 is 0 Å². The molecule has 1 aliphatic rings. The Labute approximate surface area is 164 Å². The first-order valence-electron chi connectivity index (χ1n) is 9.72. The molecule has 1 fully saturated rings. The van der Waals surface area contributed by atoms with E-state index in [1.807, 2.05) is 17.5 Å². The minimum atomic E-state index is 0.715. The minimum Gasteiger partial charge on any atom is -0.339 e. The van der Waals surface area contributed by atoms with Gasteiger partial charge in [0.25, 0.3) is 0 Å². The van der Waals surface area contributed by atoms with E-state index in [4.69, 9.17) is 4.52 Å². The van der Waals surface area contributed by atoms with Gasteiger partial charge in [0.2, 0.25) is 11.7 Å². The number of thiophene rings is 1. The van der Waals surface area contributed by atoms with Crippen LogP contribution < -0.4 is 0 Å². The van der Waals surface area contributed by atoms with Crippen molar-refractivity contribution >= 4 is 11.3 Å².